The van der Waals surface area contributed by atoms with Crippen molar-refractivity contribution in [2.24, 2.45) is 5.41 Å². The van der Waals surface area contributed by atoms with Crippen LogP contribution in [0.4, 0.5) is 10.5 Å². The number of carbonyl (C=O) groups is 2. The normalized spacial score (nSPS) is 27.2. The van der Waals surface area contributed by atoms with E-state index in [2.05, 4.69) is 37.5 Å². The molecule has 0 aliphatic carbocycles. The van der Waals surface area contributed by atoms with Crippen LogP contribution in [0.25, 0.3) is 0 Å². The number of ether oxygens (including phenoxy) is 1. The number of carbonyl (C=O) groups excluding carboxylic acids is 2. The van der Waals surface area contributed by atoms with Gasteiger partial charge in [-0.15, -0.1) is 6.58 Å². The van der Waals surface area contributed by atoms with Gasteiger partial charge in [-0.2, -0.15) is 0 Å². The van der Waals surface area contributed by atoms with E-state index in [1.807, 2.05) is 46.0 Å². The van der Waals surface area contributed by atoms with Gasteiger partial charge in [-0.05, 0) is 44.2 Å². The first-order valence-corrected chi connectivity index (χ1v) is 9.43. The molecule has 0 bridgehead atoms. The molecule has 0 N–H and O–H groups in total. The molecule has 27 heavy (non-hydrogen) atoms. The molecule has 1 amide bonds. The topological polar surface area (TPSA) is 49.9 Å². The Morgan fingerprint density at radius 2 is 1.89 bits per heavy atom. The van der Waals surface area contributed by atoms with Crippen molar-refractivity contribution in [1.29, 1.82) is 0 Å². The quantitative estimate of drug-likeness (QED) is 0.593. The Morgan fingerprint density at radius 1 is 1.26 bits per heavy atom. The molecule has 5 heteroatoms. The van der Waals surface area contributed by atoms with Crippen molar-refractivity contribution in [3.05, 3.63) is 42.5 Å². The minimum atomic E-state index is -0.631. The Hall–Kier alpha value is -2.30. The maximum atomic E-state index is 13.1. The lowest BCUT2D eigenvalue weighted by atomic mass is 9.60. The van der Waals surface area contributed by atoms with Crippen LogP contribution in [0.15, 0.2) is 36.9 Å². The number of para-hydroxylation sites is 1. The summed E-state index contributed by atoms with van der Waals surface area (Å²) in [5, 5.41) is 0. The molecule has 1 fully saturated rings. The lowest BCUT2D eigenvalue weighted by Gasteiger charge is -2.45. The van der Waals surface area contributed by atoms with Gasteiger partial charge in [-0.25, -0.2) is 4.79 Å². The van der Waals surface area contributed by atoms with E-state index in [-0.39, 0.29) is 11.6 Å². The highest BCUT2D eigenvalue weighted by atomic mass is 16.6. The van der Waals surface area contributed by atoms with Gasteiger partial charge in [-0.3, -0.25) is 4.90 Å². The van der Waals surface area contributed by atoms with E-state index in [0.717, 1.165) is 17.5 Å². The monoisotopic (exact) mass is 370 g/mol. The fraction of sp³-hybridized carbons (Fsp3) is 0.545. The van der Waals surface area contributed by atoms with Gasteiger partial charge in [0, 0.05) is 18.2 Å². The van der Waals surface area contributed by atoms with Crippen molar-refractivity contribution in [2.45, 2.75) is 64.3 Å². The van der Waals surface area contributed by atoms with Crippen LogP contribution in [-0.2, 0) is 14.9 Å². The zero-order valence-electron chi connectivity index (χ0n) is 17.2. The van der Waals surface area contributed by atoms with Crippen molar-refractivity contribution in [3.8, 4) is 0 Å². The maximum absolute atomic E-state index is 13.1. The number of rotatable bonds is 3. The molecule has 0 unspecified atom stereocenters. The summed E-state index contributed by atoms with van der Waals surface area (Å²) in [5.74, 6) is 0. The van der Waals surface area contributed by atoms with E-state index in [1.165, 1.54) is 0 Å². The van der Waals surface area contributed by atoms with Gasteiger partial charge in [-0.1, -0.05) is 38.1 Å². The fourth-order valence-corrected chi connectivity index (χ4v) is 4.80. The van der Waals surface area contributed by atoms with E-state index in [0.29, 0.717) is 6.42 Å². The molecule has 2 heterocycles. The van der Waals surface area contributed by atoms with Crippen molar-refractivity contribution in [3.63, 3.8) is 0 Å². The van der Waals surface area contributed by atoms with Gasteiger partial charge in [0.05, 0.1) is 6.04 Å². The Morgan fingerprint density at radius 3 is 2.44 bits per heavy atom. The summed E-state index contributed by atoms with van der Waals surface area (Å²) in [4.78, 5) is 28.9. The highest BCUT2D eigenvalue weighted by Gasteiger charge is 2.66. The van der Waals surface area contributed by atoms with Crippen molar-refractivity contribution >= 4 is 18.1 Å². The van der Waals surface area contributed by atoms with Crippen molar-refractivity contribution in [1.82, 2.24) is 4.90 Å². The number of fused-ring (bicyclic) bond motifs is 3. The Kier molecular flexibility index (Phi) is 4.41. The molecule has 0 aromatic heterocycles. The average molecular weight is 370 g/mol. The zero-order valence-corrected chi connectivity index (χ0v) is 17.2. The summed E-state index contributed by atoms with van der Waals surface area (Å²) in [6, 6.07) is 7.65. The van der Waals surface area contributed by atoms with Gasteiger partial charge >= 0.3 is 6.09 Å². The number of aldehydes is 1. The third-order valence-electron chi connectivity index (χ3n) is 6.15. The van der Waals surface area contributed by atoms with Crippen molar-refractivity contribution in [2.75, 3.05) is 11.9 Å². The summed E-state index contributed by atoms with van der Waals surface area (Å²) in [7, 11) is 1.98. The molecule has 1 saturated heterocycles. The number of hydrogen-bond donors (Lipinski definition) is 0. The maximum Gasteiger partial charge on any atom is 0.412 e. The molecular weight excluding hydrogens is 340 g/mol. The SMILES string of the molecule is C=CC(C)(C)[C@@]12C[C@@H](C=O)N(C(=O)OC(C)(C)C)[C@@H]1N(C)c1ccccc12. The molecule has 3 atom stereocenters. The highest BCUT2D eigenvalue weighted by molar-refractivity contribution is 5.80. The first-order valence-electron chi connectivity index (χ1n) is 9.43. The van der Waals surface area contributed by atoms with Gasteiger partial charge in [0.15, 0.2) is 0 Å². The van der Waals surface area contributed by atoms with Crippen LogP contribution in [0.1, 0.15) is 46.6 Å². The number of likely N-dealkylation sites (N-methyl/N-ethyl adjacent to an activating group) is 1. The smallest absolute Gasteiger partial charge is 0.412 e. The standard InChI is InChI=1S/C22H30N2O3/c1-8-21(5,6)22-13-15(14-25)24(19(26)27-20(2,3)4)18(22)23(7)17-12-10-9-11-16(17)22/h8-12,14-15,18H,1,13H2,2-7H3/t15-,18-,22+/m0/s1. The number of nitrogens with zero attached hydrogens (tertiary/aromatic N) is 2. The van der Waals surface area contributed by atoms with Crippen LogP contribution in [0, 0.1) is 5.41 Å². The van der Waals surface area contributed by atoms with Gasteiger partial charge in [0.25, 0.3) is 0 Å². The van der Waals surface area contributed by atoms with Crippen LogP contribution in [-0.4, -0.2) is 42.1 Å². The molecular formula is C22H30N2O3. The van der Waals surface area contributed by atoms with E-state index in [1.54, 1.807) is 4.90 Å². The van der Waals surface area contributed by atoms with E-state index in [4.69, 9.17) is 4.74 Å². The Bertz CT molecular complexity index is 780. The molecule has 2 aliphatic heterocycles. The molecule has 1 aromatic rings. The number of benzene rings is 1. The van der Waals surface area contributed by atoms with Crippen LogP contribution >= 0.6 is 0 Å². The third kappa shape index (κ3) is 2.67. The minimum Gasteiger partial charge on any atom is -0.444 e. The summed E-state index contributed by atoms with van der Waals surface area (Å²) in [5.41, 5.74) is 0.822. The number of likely N-dealkylation sites (tertiary alicyclic amines) is 1. The number of amides is 1. The van der Waals surface area contributed by atoms with Crippen LogP contribution < -0.4 is 4.90 Å². The molecule has 146 valence electrons. The first-order chi connectivity index (χ1) is 12.5. The van der Waals surface area contributed by atoms with Crippen LogP contribution in [0.2, 0.25) is 0 Å². The molecule has 2 aliphatic rings. The largest absolute Gasteiger partial charge is 0.444 e. The second-order valence-electron chi connectivity index (χ2n) is 9.19. The fourth-order valence-electron chi connectivity index (χ4n) is 4.80. The van der Waals surface area contributed by atoms with E-state index >= 15 is 0 Å². The molecule has 0 spiro atoms. The molecule has 0 radical (unpaired) electrons. The predicted molar refractivity (Wildman–Crippen MR) is 107 cm³/mol. The summed E-state index contributed by atoms with van der Waals surface area (Å²) < 4.78 is 5.68. The summed E-state index contributed by atoms with van der Waals surface area (Å²) in [6.07, 6.45) is 2.59. The van der Waals surface area contributed by atoms with Gasteiger partial charge in [0.1, 0.15) is 18.1 Å². The minimum absolute atomic E-state index is 0.312. The second-order valence-corrected chi connectivity index (χ2v) is 9.19. The number of anilines is 1. The van der Waals surface area contributed by atoms with Gasteiger partial charge < -0.3 is 14.4 Å². The number of hydrogen-bond acceptors (Lipinski definition) is 4. The third-order valence-corrected chi connectivity index (χ3v) is 6.15. The summed E-state index contributed by atoms with van der Waals surface area (Å²) in [6.45, 7) is 13.8. The highest BCUT2D eigenvalue weighted by Crippen LogP contribution is 2.61. The van der Waals surface area contributed by atoms with Crippen molar-refractivity contribution < 1.29 is 14.3 Å². The lowest BCUT2D eigenvalue weighted by Crippen LogP contribution is -2.56. The van der Waals surface area contributed by atoms with E-state index in [9.17, 15) is 9.59 Å². The average Bonchev–Trinajstić information content (AvgIpc) is 3.07. The second kappa shape index (κ2) is 6.11. The van der Waals surface area contributed by atoms with Crippen LogP contribution in [0.3, 0.4) is 0 Å². The molecule has 3 rings (SSSR count). The predicted octanol–water partition coefficient (Wildman–Crippen LogP) is 4.12. The Labute approximate surface area is 162 Å². The summed E-state index contributed by atoms with van der Waals surface area (Å²) >= 11 is 0. The molecule has 0 saturated carbocycles. The van der Waals surface area contributed by atoms with Crippen LogP contribution in [0.5, 0.6) is 0 Å². The van der Waals surface area contributed by atoms with Gasteiger partial charge in [0.2, 0.25) is 0 Å². The zero-order chi connectivity index (χ0) is 20.2. The Balaban J connectivity index is 2.21. The first kappa shape index (κ1) is 19.5. The molecule has 1 aromatic carbocycles. The van der Waals surface area contributed by atoms with E-state index < -0.39 is 23.2 Å². The number of allylic oxidation sites excluding steroid dienone is 1. The lowest BCUT2D eigenvalue weighted by molar-refractivity contribution is -0.112. The molecule has 5 nitrogen and oxygen atoms in total.